The molecule has 0 fully saturated rings. The standard InChI is InChI=1S/C6H8N2O2.C4H10N2O2/c1-3-4(7)2-8-5(3)6(9)10;5-2-1-3(6)4(7)8/h2,8H,7H2,1H3,(H,9,10);3H,1-2,5-6H2,(H,7,8). The molecule has 1 atom stereocenters. The topological polar surface area (TPSA) is 168 Å². The van der Waals surface area contributed by atoms with Gasteiger partial charge in [-0.1, -0.05) is 0 Å². The molecule has 0 spiro atoms. The first-order valence-electron chi connectivity index (χ1n) is 5.16. The molecular weight excluding hydrogens is 240 g/mol. The summed E-state index contributed by atoms with van der Waals surface area (Å²) in [6.07, 6.45) is 1.81. The van der Waals surface area contributed by atoms with Gasteiger partial charge in [0.1, 0.15) is 11.7 Å². The maximum atomic E-state index is 10.3. The quantitative estimate of drug-likeness (QED) is 0.417. The van der Waals surface area contributed by atoms with E-state index in [2.05, 4.69) is 4.98 Å². The highest BCUT2D eigenvalue weighted by molar-refractivity contribution is 5.89. The molecule has 0 saturated carbocycles. The fourth-order valence-electron chi connectivity index (χ4n) is 1.04. The monoisotopic (exact) mass is 258 g/mol. The van der Waals surface area contributed by atoms with Gasteiger partial charge in [0.2, 0.25) is 0 Å². The Morgan fingerprint density at radius 2 is 2.00 bits per heavy atom. The van der Waals surface area contributed by atoms with Gasteiger partial charge in [-0.05, 0) is 19.9 Å². The lowest BCUT2D eigenvalue weighted by atomic mass is 10.2. The molecule has 102 valence electrons. The number of nitrogens with one attached hydrogen (secondary N) is 1. The first-order valence-corrected chi connectivity index (χ1v) is 5.16. The van der Waals surface area contributed by atoms with E-state index < -0.39 is 18.0 Å². The zero-order chi connectivity index (χ0) is 14.3. The van der Waals surface area contributed by atoms with E-state index in [-0.39, 0.29) is 5.69 Å². The fourth-order valence-corrected chi connectivity index (χ4v) is 1.04. The van der Waals surface area contributed by atoms with Crippen LogP contribution in [-0.4, -0.2) is 39.7 Å². The molecule has 0 radical (unpaired) electrons. The molecule has 9 N–H and O–H groups in total. The lowest BCUT2D eigenvalue weighted by Gasteiger charge is -2.00. The molecule has 1 aromatic heterocycles. The number of hydrogen-bond donors (Lipinski definition) is 6. The predicted octanol–water partition coefficient (Wildman–Crippen LogP) is -0.649. The molecule has 0 aliphatic heterocycles. The number of aromatic carboxylic acids is 1. The van der Waals surface area contributed by atoms with E-state index >= 15 is 0 Å². The molecule has 0 bridgehead atoms. The first-order chi connectivity index (χ1) is 8.31. The molecule has 0 amide bonds. The summed E-state index contributed by atoms with van der Waals surface area (Å²) in [5.74, 6) is -1.97. The Morgan fingerprint density at radius 1 is 1.44 bits per heavy atom. The van der Waals surface area contributed by atoms with Crippen LogP contribution in [0.15, 0.2) is 6.20 Å². The van der Waals surface area contributed by atoms with Crippen molar-refractivity contribution in [3.05, 3.63) is 17.5 Å². The van der Waals surface area contributed by atoms with Gasteiger partial charge in [0, 0.05) is 11.8 Å². The van der Waals surface area contributed by atoms with Crippen molar-refractivity contribution < 1.29 is 19.8 Å². The van der Waals surface area contributed by atoms with E-state index in [0.29, 0.717) is 24.2 Å². The van der Waals surface area contributed by atoms with Crippen molar-refractivity contribution in [3.63, 3.8) is 0 Å². The summed E-state index contributed by atoms with van der Waals surface area (Å²) in [6, 6.07) is -0.792. The number of aromatic nitrogens is 1. The van der Waals surface area contributed by atoms with E-state index in [1.54, 1.807) is 6.92 Å². The smallest absolute Gasteiger partial charge is 0.352 e. The largest absolute Gasteiger partial charge is 0.480 e. The van der Waals surface area contributed by atoms with Crippen LogP contribution in [0.5, 0.6) is 0 Å². The van der Waals surface area contributed by atoms with Gasteiger partial charge in [0.15, 0.2) is 0 Å². The van der Waals surface area contributed by atoms with Crippen LogP contribution in [-0.2, 0) is 4.79 Å². The third kappa shape index (κ3) is 4.85. The maximum absolute atomic E-state index is 10.3. The highest BCUT2D eigenvalue weighted by Crippen LogP contribution is 2.13. The fraction of sp³-hybridized carbons (Fsp3) is 0.400. The number of nitrogens with two attached hydrogens (primary N) is 3. The number of rotatable bonds is 4. The lowest BCUT2D eigenvalue weighted by molar-refractivity contribution is -0.138. The van der Waals surface area contributed by atoms with Crippen LogP contribution in [0, 0.1) is 6.92 Å². The minimum Gasteiger partial charge on any atom is -0.480 e. The van der Waals surface area contributed by atoms with Crippen molar-refractivity contribution in [2.24, 2.45) is 11.5 Å². The molecule has 8 heteroatoms. The predicted molar refractivity (Wildman–Crippen MR) is 66.2 cm³/mol. The third-order valence-electron chi connectivity index (χ3n) is 2.19. The summed E-state index contributed by atoms with van der Waals surface area (Å²) >= 11 is 0. The summed E-state index contributed by atoms with van der Waals surface area (Å²) in [7, 11) is 0. The summed E-state index contributed by atoms with van der Waals surface area (Å²) in [5, 5.41) is 16.6. The van der Waals surface area contributed by atoms with Crippen LogP contribution in [0.25, 0.3) is 0 Å². The Bertz CT molecular complexity index is 416. The average molecular weight is 258 g/mol. The minimum atomic E-state index is -0.990. The molecule has 0 aromatic carbocycles. The lowest BCUT2D eigenvalue weighted by Crippen LogP contribution is -2.32. The Labute approximate surface area is 104 Å². The van der Waals surface area contributed by atoms with Crippen molar-refractivity contribution in [2.45, 2.75) is 19.4 Å². The molecule has 1 rings (SSSR count). The van der Waals surface area contributed by atoms with Gasteiger partial charge < -0.3 is 32.4 Å². The molecule has 8 nitrogen and oxygen atoms in total. The molecule has 1 aromatic rings. The Hall–Kier alpha value is -2.06. The molecule has 0 aliphatic rings. The van der Waals surface area contributed by atoms with E-state index in [4.69, 9.17) is 27.4 Å². The maximum Gasteiger partial charge on any atom is 0.352 e. The molecular formula is C10H18N4O4. The highest BCUT2D eigenvalue weighted by atomic mass is 16.4. The van der Waals surface area contributed by atoms with E-state index in [1.807, 2.05) is 0 Å². The normalized spacial score (nSPS) is 11.3. The van der Waals surface area contributed by atoms with Gasteiger partial charge in [-0.15, -0.1) is 0 Å². The second kappa shape index (κ2) is 7.30. The van der Waals surface area contributed by atoms with Crippen molar-refractivity contribution in [1.29, 1.82) is 0 Å². The second-order valence-corrected chi connectivity index (χ2v) is 3.57. The number of carboxylic acid groups (broad SMARTS) is 2. The molecule has 1 unspecified atom stereocenters. The first kappa shape index (κ1) is 15.9. The Balaban J connectivity index is 0.000000331. The minimum absolute atomic E-state index is 0.164. The zero-order valence-electron chi connectivity index (χ0n) is 10.0. The number of hydrogen-bond acceptors (Lipinski definition) is 5. The van der Waals surface area contributed by atoms with Gasteiger partial charge in [0.05, 0.1) is 5.69 Å². The third-order valence-corrected chi connectivity index (χ3v) is 2.19. The summed E-state index contributed by atoms with van der Waals surface area (Å²) < 4.78 is 0. The highest BCUT2D eigenvalue weighted by Gasteiger charge is 2.09. The van der Waals surface area contributed by atoms with Crippen molar-refractivity contribution >= 4 is 17.6 Å². The van der Waals surface area contributed by atoms with Crippen LogP contribution in [0.1, 0.15) is 22.5 Å². The van der Waals surface area contributed by atoms with Crippen LogP contribution in [0.2, 0.25) is 0 Å². The Kier molecular flexibility index (Phi) is 6.47. The number of nitrogen functional groups attached to an aromatic ring is 1. The van der Waals surface area contributed by atoms with Gasteiger partial charge in [-0.3, -0.25) is 4.79 Å². The van der Waals surface area contributed by atoms with Crippen LogP contribution >= 0.6 is 0 Å². The van der Waals surface area contributed by atoms with Crippen LogP contribution in [0.4, 0.5) is 5.69 Å². The van der Waals surface area contributed by atoms with Gasteiger partial charge in [0.25, 0.3) is 0 Å². The molecule has 0 aliphatic carbocycles. The van der Waals surface area contributed by atoms with Gasteiger partial charge >= 0.3 is 11.9 Å². The molecule has 1 heterocycles. The Morgan fingerprint density at radius 3 is 2.17 bits per heavy atom. The number of aromatic amines is 1. The zero-order valence-corrected chi connectivity index (χ0v) is 10.0. The van der Waals surface area contributed by atoms with Crippen LogP contribution < -0.4 is 17.2 Å². The van der Waals surface area contributed by atoms with Crippen molar-refractivity contribution in [1.82, 2.24) is 4.98 Å². The number of aliphatic carboxylic acids is 1. The summed E-state index contributed by atoms with van der Waals surface area (Å²) in [5.41, 5.74) is 16.7. The van der Waals surface area contributed by atoms with E-state index in [1.165, 1.54) is 6.20 Å². The number of anilines is 1. The van der Waals surface area contributed by atoms with Crippen molar-refractivity contribution in [3.8, 4) is 0 Å². The van der Waals surface area contributed by atoms with Crippen LogP contribution in [0.3, 0.4) is 0 Å². The van der Waals surface area contributed by atoms with Crippen molar-refractivity contribution in [2.75, 3.05) is 12.3 Å². The van der Waals surface area contributed by atoms with E-state index in [9.17, 15) is 9.59 Å². The number of carbonyl (C=O) groups is 2. The SMILES string of the molecule is Cc1c(N)c[nH]c1C(=O)O.NCCC(N)C(=O)O. The number of carboxylic acids is 2. The van der Waals surface area contributed by atoms with Gasteiger partial charge in [-0.25, -0.2) is 4.79 Å². The van der Waals surface area contributed by atoms with E-state index in [0.717, 1.165) is 0 Å². The van der Waals surface area contributed by atoms with Gasteiger partial charge in [-0.2, -0.15) is 0 Å². The molecule has 0 saturated heterocycles. The summed E-state index contributed by atoms with van der Waals surface area (Å²) in [6.45, 7) is 1.99. The molecule has 18 heavy (non-hydrogen) atoms. The summed E-state index contributed by atoms with van der Waals surface area (Å²) in [4.78, 5) is 22.8. The average Bonchev–Trinajstić information content (AvgIpc) is 2.61. The second-order valence-electron chi connectivity index (χ2n) is 3.57. The number of H-pyrrole nitrogens is 1.